The lowest BCUT2D eigenvalue weighted by Gasteiger charge is -2.01. The van der Waals surface area contributed by atoms with E-state index in [1.807, 2.05) is 0 Å². The molecule has 1 aromatic carbocycles. The smallest absolute Gasteiger partial charge is 0.125 e. The minimum Gasteiger partial charge on any atom is -0.390 e. The second-order valence-corrected chi connectivity index (χ2v) is 3.30. The molecule has 78 valence electrons. The van der Waals surface area contributed by atoms with Gasteiger partial charge in [0.2, 0.25) is 0 Å². The van der Waals surface area contributed by atoms with Crippen LogP contribution in [-0.2, 0) is 6.61 Å². The van der Waals surface area contributed by atoms with E-state index in [0.717, 1.165) is 5.56 Å². The van der Waals surface area contributed by atoms with Gasteiger partial charge in [0.05, 0.1) is 18.5 Å². The SMILES string of the molecule is Cc1cc(F)cc(-n2cc(CO)nn2)c1. The summed E-state index contributed by atoms with van der Waals surface area (Å²) in [6.45, 7) is 1.63. The molecule has 0 atom stereocenters. The number of aromatic nitrogens is 3. The number of aryl methyl sites for hydroxylation is 1. The van der Waals surface area contributed by atoms with Crippen molar-refractivity contribution < 1.29 is 9.50 Å². The second-order valence-electron chi connectivity index (χ2n) is 3.30. The van der Waals surface area contributed by atoms with Crippen molar-refractivity contribution in [1.82, 2.24) is 15.0 Å². The summed E-state index contributed by atoms with van der Waals surface area (Å²) < 4.78 is 14.5. The number of rotatable bonds is 2. The maximum atomic E-state index is 13.1. The van der Waals surface area contributed by atoms with Gasteiger partial charge in [-0.25, -0.2) is 9.07 Å². The summed E-state index contributed by atoms with van der Waals surface area (Å²) in [5, 5.41) is 16.3. The predicted molar refractivity (Wildman–Crippen MR) is 52.0 cm³/mol. The van der Waals surface area contributed by atoms with Crippen LogP contribution < -0.4 is 0 Å². The van der Waals surface area contributed by atoms with Crippen LogP contribution in [0.15, 0.2) is 24.4 Å². The van der Waals surface area contributed by atoms with Crippen molar-refractivity contribution in [3.63, 3.8) is 0 Å². The molecule has 0 bridgehead atoms. The summed E-state index contributed by atoms with van der Waals surface area (Å²) in [7, 11) is 0. The summed E-state index contributed by atoms with van der Waals surface area (Å²) in [6, 6.07) is 4.59. The number of hydrogen-bond acceptors (Lipinski definition) is 3. The summed E-state index contributed by atoms with van der Waals surface area (Å²) in [4.78, 5) is 0. The third-order valence-electron chi connectivity index (χ3n) is 1.99. The normalized spacial score (nSPS) is 10.6. The van der Waals surface area contributed by atoms with E-state index in [2.05, 4.69) is 10.3 Å². The Morgan fingerprint density at radius 3 is 2.80 bits per heavy atom. The quantitative estimate of drug-likeness (QED) is 0.805. The molecule has 0 aliphatic carbocycles. The van der Waals surface area contributed by atoms with Crippen molar-refractivity contribution in [1.29, 1.82) is 0 Å². The van der Waals surface area contributed by atoms with Crippen LogP contribution in [0.5, 0.6) is 0 Å². The molecule has 0 aliphatic rings. The van der Waals surface area contributed by atoms with Crippen molar-refractivity contribution >= 4 is 0 Å². The van der Waals surface area contributed by atoms with Crippen LogP contribution in [0.3, 0.4) is 0 Å². The van der Waals surface area contributed by atoms with Crippen LogP contribution in [0, 0.1) is 12.7 Å². The van der Waals surface area contributed by atoms with E-state index in [1.54, 1.807) is 19.2 Å². The molecule has 2 aromatic rings. The van der Waals surface area contributed by atoms with Gasteiger partial charge in [-0.05, 0) is 30.7 Å². The highest BCUT2D eigenvalue weighted by Gasteiger charge is 2.03. The molecule has 1 aromatic heterocycles. The molecule has 4 nitrogen and oxygen atoms in total. The first-order chi connectivity index (χ1) is 7.19. The van der Waals surface area contributed by atoms with E-state index in [-0.39, 0.29) is 12.4 Å². The largest absolute Gasteiger partial charge is 0.390 e. The molecule has 0 radical (unpaired) electrons. The predicted octanol–water partition coefficient (Wildman–Crippen LogP) is 1.21. The number of nitrogens with zero attached hydrogens (tertiary/aromatic N) is 3. The summed E-state index contributed by atoms with van der Waals surface area (Å²) in [5.74, 6) is -0.314. The maximum absolute atomic E-state index is 13.1. The van der Waals surface area contributed by atoms with Crippen LogP contribution in [-0.4, -0.2) is 20.1 Å². The molecule has 0 aliphatic heterocycles. The van der Waals surface area contributed by atoms with Crippen LogP contribution >= 0.6 is 0 Å². The lowest BCUT2D eigenvalue weighted by molar-refractivity contribution is 0.276. The van der Waals surface area contributed by atoms with Crippen LogP contribution in [0.1, 0.15) is 11.3 Å². The third-order valence-corrected chi connectivity index (χ3v) is 1.99. The molecule has 0 saturated carbocycles. The van der Waals surface area contributed by atoms with Crippen LogP contribution in [0.25, 0.3) is 5.69 Å². The standard InChI is InChI=1S/C10H10FN3O/c1-7-2-8(11)4-10(3-7)14-5-9(6-15)12-13-14/h2-5,15H,6H2,1H3. The van der Waals surface area contributed by atoms with Gasteiger partial charge in [0.15, 0.2) is 0 Å². The molecular formula is C10H10FN3O. The first kappa shape index (κ1) is 9.79. The summed E-state index contributed by atoms with van der Waals surface area (Å²) >= 11 is 0. The van der Waals surface area contributed by atoms with Gasteiger partial charge in [-0.3, -0.25) is 0 Å². The van der Waals surface area contributed by atoms with E-state index in [4.69, 9.17) is 5.11 Å². The van der Waals surface area contributed by atoms with Crippen molar-refractivity contribution in [3.05, 3.63) is 41.5 Å². The van der Waals surface area contributed by atoms with Crippen molar-refractivity contribution in [3.8, 4) is 5.69 Å². The molecule has 2 rings (SSSR count). The fraction of sp³-hybridized carbons (Fsp3) is 0.200. The average molecular weight is 207 g/mol. The number of aliphatic hydroxyl groups excluding tert-OH is 1. The Bertz CT molecular complexity index is 461. The molecular weight excluding hydrogens is 197 g/mol. The van der Waals surface area contributed by atoms with Gasteiger partial charge in [-0.2, -0.15) is 0 Å². The van der Waals surface area contributed by atoms with Crippen molar-refractivity contribution in [2.24, 2.45) is 0 Å². The molecule has 0 saturated heterocycles. The summed E-state index contributed by atoms with van der Waals surface area (Å²) in [6.07, 6.45) is 1.56. The molecule has 0 amide bonds. The molecule has 0 unspecified atom stereocenters. The lowest BCUT2D eigenvalue weighted by Crippen LogP contribution is -1.96. The van der Waals surface area contributed by atoms with E-state index in [0.29, 0.717) is 11.4 Å². The Morgan fingerprint density at radius 2 is 2.20 bits per heavy atom. The fourth-order valence-corrected chi connectivity index (χ4v) is 1.35. The van der Waals surface area contributed by atoms with Crippen LogP contribution in [0.4, 0.5) is 4.39 Å². The van der Waals surface area contributed by atoms with Gasteiger partial charge in [-0.15, -0.1) is 5.10 Å². The minimum absolute atomic E-state index is 0.172. The van der Waals surface area contributed by atoms with Gasteiger partial charge in [0.1, 0.15) is 11.5 Å². The monoisotopic (exact) mass is 207 g/mol. The Morgan fingerprint density at radius 1 is 1.40 bits per heavy atom. The Kier molecular flexibility index (Phi) is 2.47. The minimum atomic E-state index is -0.314. The van der Waals surface area contributed by atoms with Gasteiger partial charge < -0.3 is 5.11 Å². The first-order valence-corrected chi connectivity index (χ1v) is 4.48. The third kappa shape index (κ3) is 2.02. The van der Waals surface area contributed by atoms with E-state index < -0.39 is 0 Å². The van der Waals surface area contributed by atoms with Gasteiger partial charge in [0.25, 0.3) is 0 Å². The first-order valence-electron chi connectivity index (χ1n) is 4.48. The highest BCUT2D eigenvalue weighted by molar-refractivity contribution is 5.35. The van der Waals surface area contributed by atoms with Crippen molar-refractivity contribution in [2.45, 2.75) is 13.5 Å². The fourth-order valence-electron chi connectivity index (χ4n) is 1.35. The van der Waals surface area contributed by atoms with Gasteiger partial charge in [0, 0.05) is 0 Å². The molecule has 1 heterocycles. The topological polar surface area (TPSA) is 50.9 Å². The van der Waals surface area contributed by atoms with E-state index >= 15 is 0 Å². The zero-order valence-corrected chi connectivity index (χ0v) is 8.18. The van der Waals surface area contributed by atoms with E-state index in [9.17, 15) is 4.39 Å². The molecule has 0 fully saturated rings. The molecule has 1 N–H and O–H groups in total. The zero-order chi connectivity index (χ0) is 10.8. The second kappa shape index (κ2) is 3.78. The molecule has 5 heteroatoms. The maximum Gasteiger partial charge on any atom is 0.125 e. The zero-order valence-electron chi connectivity index (χ0n) is 8.18. The Balaban J connectivity index is 2.44. The number of aliphatic hydroxyl groups is 1. The summed E-state index contributed by atoms with van der Waals surface area (Å²) in [5.41, 5.74) is 1.86. The number of benzene rings is 1. The van der Waals surface area contributed by atoms with Crippen LogP contribution in [0.2, 0.25) is 0 Å². The lowest BCUT2D eigenvalue weighted by atomic mass is 10.2. The highest BCUT2D eigenvalue weighted by Crippen LogP contribution is 2.12. The van der Waals surface area contributed by atoms with E-state index in [1.165, 1.54) is 16.8 Å². The number of halogens is 1. The Hall–Kier alpha value is -1.75. The average Bonchev–Trinajstić information content (AvgIpc) is 2.64. The van der Waals surface area contributed by atoms with Gasteiger partial charge >= 0.3 is 0 Å². The number of hydrogen-bond donors (Lipinski definition) is 1. The van der Waals surface area contributed by atoms with Crippen molar-refractivity contribution in [2.75, 3.05) is 0 Å². The Labute approximate surface area is 86.0 Å². The van der Waals surface area contributed by atoms with Gasteiger partial charge in [-0.1, -0.05) is 5.21 Å². The molecule has 15 heavy (non-hydrogen) atoms. The molecule has 0 spiro atoms. The highest BCUT2D eigenvalue weighted by atomic mass is 19.1.